The molecule has 1 aromatic carbocycles. The molecule has 1 saturated carbocycles. The summed E-state index contributed by atoms with van der Waals surface area (Å²) in [6.07, 6.45) is 5.08. The zero-order valence-corrected chi connectivity index (χ0v) is 15.5. The van der Waals surface area contributed by atoms with Crippen LogP contribution < -0.4 is 16.2 Å². The van der Waals surface area contributed by atoms with Gasteiger partial charge in [0.1, 0.15) is 5.82 Å². The lowest BCUT2D eigenvalue weighted by Gasteiger charge is -2.30. The lowest BCUT2D eigenvalue weighted by molar-refractivity contribution is 0.308. The standard InChI is InChI=1S/C19H26N4S/c1-12-7-4-5-10-16(12)20-19(24)23-22-17-11-14(3)15-9-6-8-13(2)18(15)21-17/h6,8-9,11-12,16H,4-5,7,10H2,1-3H3,(H,21,22)(H2,20,23,24)/t12-,16+/m0/s1. The molecule has 0 spiro atoms. The molecule has 4 nitrogen and oxygen atoms in total. The van der Waals surface area contributed by atoms with Gasteiger partial charge in [-0.05, 0) is 62.0 Å². The monoisotopic (exact) mass is 342 g/mol. The number of hydrogen-bond donors (Lipinski definition) is 3. The summed E-state index contributed by atoms with van der Waals surface area (Å²) in [6, 6.07) is 8.78. The topological polar surface area (TPSA) is 49.0 Å². The smallest absolute Gasteiger partial charge is 0.185 e. The van der Waals surface area contributed by atoms with Crippen LogP contribution in [0.25, 0.3) is 10.9 Å². The fraction of sp³-hybridized carbons (Fsp3) is 0.474. The highest BCUT2D eigenvalue weighted by Crippen LogP contribution is 2.24. The molecule has 2 atom stereocenters. The maximum Gasteiger partial charge on any atom is 0.185 e. The summed E-state index contributed by atoms with van der Waals surface area (Å²) in [4.78, 5) is 4.71. The van der Waals surface area contributed by atoms with Crippen molar-refractivity contribution in [1.82, 2.24) is 15.7 Å². The van der Waals surface area contributed by atoms with Crippen molar-refractivity contribution in [3.8, 4) is 0 Å². The molecule has 0 amide bonds. The Morgan fingerprint density at radius 1 is 1.17 bits per heavy atom. The van der Waals surface area contributed by atoms with E-state index in [-0.39, 0.29) is 0 Å². The first-order valence-electron chi connectivity index (χ1n) is 8.74. The number of anilines is 1. The molecule has 128 valence electrons. The molecule has 0 bridgehead atoms. The normalized spacial score (nSPS) is 20.6. The number of hydrogen-bond acceptors (Lipinski definition) is 3. The first kappa shape index (κ1) is 17.0. The lowest BCUT2D eigenvalue weighted by atomic mass is 9.86. The highest BCUT2D eigenvalue weighted by Gasteiger charge is 2.21. The van der Waals surface area contributed by atoms with Crippen LogP contribution in [0.1, 0.15) is 43.7 Å². The van der Waals surface area contributed by atoms with E-state index in [9.17, 15) is 0 Å². The number of nitrogens with zero attached hydrogens (tertiary/aromatic N) is 1. The molecule has 0 unspecified atom stereocenters. The number of nitrogens with one attached hydrogen (secondary N) is 3. The maximum absolute atomic E-state index is 5.43. The number of aryl methyl sites for hydroxylation is 2. The average molecular weight is 343 g/mol. The maximum atomic E-state index is 5.43. The number of aromatic nitrogens is 1. The number of thiocarbonyl (C=S) groups is 1. The van der Waals surface area contributed by atoms with E-state index in [1.807, 2.05) is 6.07 Å². The second-order valence-corrected chi connectivity index (χ2v) is 7.30. The van der Waals surface area contributed by atoms with E-state index in [0.717, 1.165) is 11.3 Å². The van der Waals surface area contributed by atoms with Crippen LogP contribution in [0.3, 0.4) is 0 Å². The van der Waals surface area contributed by atoms with Gasteiger partial charge in [0, 0.05) is 11.4 Å². The summed E-state index contributed by atoms with van der Waals surface area (Å²) < 4.78 is 0. The number of pyridine rings is 1. The van der Waals surface area contributed by atoms with Crippen LogP contribution in [-0.2, 0) is 0 Å². The van der Waals surface area contributed by atoms with Crippen molar-refractivity contribution in [2.75, 3.05) is 5.43 Å². The molecule has 24 heavy (non-hydrogen) atoms. The van der Waals surface area contributed by atoms with E-state index < -0.39 is 0 Å². The minimum absolute atomic E-state index is 0.467. The number of rotatable bonds is 3. The second kappa shape index (κ2) is 7.34. The van der Waals surface area contributed by atoms with Gasteiger partial charge in [-0.2, -0.15) is 0 Å². The van der Waals surface area contributed by atoms with Gasteiger partial charge in [-0.25, -0.2) is 4.98 Å². The Kier molecular flexibility index (Phi) is 5.19. The second-order valence-electron chi connectivity index (χ2n) is 6.89. The number of fused-ring (bicyclic) bond motifs is 1. The quantitative estimate of drug-likeness (QED) is 0.576. The number of hydrazine groups is 1. The van der Waals surface area contributed by atoms with Gasteiger partial charge < -0.3 is 5.32 Å². The minimum atomic E-state index is 0.467. The van der Waals surface area contributed by atoms with Gasteiger partial charge in [-0.1, -0.05) is 38.0 Å². The highest BCUT2D eigenvalue weighted by molar-refractivity contribution is 7.80. The van der Waals surface area contributed by atoms with E-state index >= 15 is 0 Å². The summed E-state index contributed by atoms with van der Waals surface area (Å²) in [5.41, 5.74) is 9.64. The van der Waals surface area contributed by atoms with Crippen molar-refractivity contribution in [2.24, 2.45) is 5.92 Å². The lowest BCUT2D eigenvalue weighted by Crippen LogP contribution is -2.47. The molecule has 5 heteroatoms. The van der Waals surface area contributed by atoms with Gasteiger partial charge in [0.2, 0.25) is 0 Å². The van der Waals surface area contributed by atoms with Crippen LogP contribution in [0, 0.1) is 19.8 Å². The Bertz CT molecular complexity index is 743. The zero-order valence-electron chi connectivity index (χ0n) is 14.6. The Hall–Kier alpha value is -1.88. The van der Waals surface area contributed by atoms with Crippen molar-refractivity contribution in [2.45, 2.75) is 52.5 Å². The van der Waals surface area contributed by atoms with Crippen LogP contribution in [0.15, 0.2) is 24.3 Å². The molecule has 1 aliphatic rings. The fourth-order valence-electron chi connectivity index (χ4n) is 3.48. The number of para-hydroxylation sites is 1. The van der Waals surface area contributed by atoms with E-state index in [4.69, 9.17) is 17.2 Å². The molecule has 3 N–H and O–H groups in total. The Balaban J connectivity index is 1.65. The predicted molar refractivity (Wildman–Crippen MR) is 105 cm³/mol. The molecule has 3 rings (SSSR count). The van der Waals surface area contributed by atoms with Gasteiger partial charge in [-0.3, -0.25) is 10.9 Å². The molecule has 1 aliphatic carbocycles. The highest BCUT2D eigenvalue weighted by atomic mass is 32.1. The van der Waals surface area contributed by atoms with Gasteiger partial charge in [0.15, 0.2) is 5.11 Å². The zero-order chi connectivity index (χ0) is 17.1. The third-order valence-electron chi connectivity index (χ3n) is 4.98. The molecular formula is C19H26N4S. The van der Waals surface area contributed by atoms with E-state index in [1.165, 1.54) is 42.2 Å². The summed E-state index contributed by atoms with van der Waals surface area (Å²) in [5.74, 6) is 1.46. The third-order valence-corrected chi connectivity index (χ3v) is 5.20. The van der Waals surface area contributed by atoms with Crippen molar-refractivity contribution in [3.05, 3.63) is 35.4 Å². The summed E-state index contributed by atoms with van der Waals surface area (Å²) in [5, 5.41) is 5.26. The SMILES string of the molecule is Cc1cc(NNC(=S)N[C@@H]2CCCC[C@@H]2C)nc2c(C)cccc12. The summed E-state index contributed by atoms with van der Waals surface area (Å²) >= 11 is 5.43. The van der Waals surface area contributed by atoms with Crippen molar-refractivity contribution in [3.63, 3.8) is 0 Å². The van der Waals surface area contributed by atoms with E-state index in [0.29, 0.717) is 17.1 Å². The van der Waals surface area contributed by atoms with Gasteiger partial charge in [-0.15, -0.1) is 0 Å². The Labute approximate surface area is 149 Å². The van der Waals surface area contributed by atoms with Gasteiger partial charge in [0.25, 0.3) is 0 Å². The minimum Gasteiger partial charge on any atom is -0.358 e. The fourth-order valence-corrected chi connectivity index (χ4v) is 3.68. The predicted octanol–water partition coefficient (Wildman–Crippen LogP) is 4.22. The van der Waals surface area contributed by atoms with Crippen LogP contribution >= 0.6 is 12.2 Å². The van der Waals surface area contributed by atoms with Crippen LogP contribution in [0.4, 0.5) is 5.82 Å². The molecule has 0 radical (unpaired) electrons. The van der Waals surface area contributed by atoms with Crippen LogP contribution in [-0.4, -0.2) is 16.1 Å². The Morgan fingerprint density at radius 2 is 1.96 bits per heavy atom. The summed E-state index contributed by atoms with van der Waals surface area (Å²) in [7, 11) is 0. The van der Waals surface area contributed by atoms with E-state index in [1.54, 1.807) is 0 Å². The van der Waals surface area contributed by atoms with Crippen LogP contribution in [0.5, 0.6) is 0 Å². The first-order valence-corrected chi connectivity index (χ1v) is 9.15. The largest absolute Gasteiger partial charge is 0.358 e. The molecule has 0 aliphatic heterocycles. The Morgan fingerprint density at radius 3 is 2.75 bits per heavy atom. The molecular weight excluding hydrogens is 316 g/mol. The summed E-state index contributed by atoms with van der Waals surface area (Å²) in [6.45, 7) is 6.49. The van der Waals surface area contributed by atoms with E-state index in [2.05, 4.69) is 55.1 Å². The number of benzene rings is 1. The first-order chi connectivity index (χ1) is 11.5. The average Bonchev–Trinajstić information content (AvgIpc) is 2.56. The van der Waals surface area contributed by atoms with Crippen molar-refractivity contribution < 1.29 is 0 Å². The third kappa shape index (κ3) is 3.78. The molecule has 1 heterocycles. The molecule has 2 aromatic rings. The molecule has 1 aromatic heterocycles. The van der Waals surface area contributed by atoms with Gasteiger partial charge >= 0.3 is 0 Å². The van der Waals surface area contributed by atoms with Crippen molar-refractivity contribution in [1.29, 1.82) is 0 Å². The van der Waals surface area contributed by atoms with Gasteiger partial charge in [0.05, 0.1) is 5.52 Å². The van der Waals surface area contributed by atoms with Crippen LogP contribution in [0.2, 0.25) is 0 Å². The molecule has 0 saturated heterocycles. The van der Waals surface area contributed by atoms with Crippen molar-refractivity contribution >= 4 is 34.1 Å². The molecule has 1 fully saturated rings.